The SMILES string of the molecule is Oc1oc(-c2ccc(Cl)cc2)nc1C=Nc1ccc(Cl)cc1Cl. The predicted octanol–water partition coefficient (Wildman–Crippen LogP) is 5.76. The zero-order chi connectivity index (χ0) is 16.4. The lowest BCUT2D eigenvalue weighted by Gasteiger charge is -1.97. The molecule has 0 radical (unpaired) electrons. The van der Waals surface area contributed by atoms with Crippen LogP contribution in [0.4, 0.5) is 5.69 Å². The second kappa shape index (κ2) is 6.62. The Labute approximate surface area is 147 Å². The van der Waals surface area contributed by atoms with Crippen LogP contribution in [0.3, 0.4) is 0 Å². The van der Waals surface area contributed by atoms with Crippen molar-refractivity contribution >= 4 is 46.7 Å². The van der Waals surface area contributed by atoms with Crippen LogP contribution in [-0.4, -0.2) is 16.3 Å². The molecule has 0 aliphatic rings. The summed E-state index contributed by atoms with van der Waals surface area (Å²) in [4.78, 5) is 8.37. The minimum Gasteiger partial charge on any atom is -0.479 e. The van der Waals surface area contributed by atoms with E-state index in [1.807, 2.05) is 0 Å². The van der Waals surface area contributed by atoms with Crippen LogP contribution in [0.15, 0.2) is 51.9 Å². The summed E-state index contributed by atoms with van der Waals surface area (Å²) in [6, 6.07) is 11.8. The Morgan fingerprint density at radius 2 is 1.70 bits per heavy atom. The van der Waals surface area contributed by atoms with E-state index in [0.717, 1.165) is 0 Å². The van der Waals surface area contributed by atoms with E-state index in [1.54, 1.807) is 42.5 Å². The van der Waals surface area contributed by atoms with Crippen molar-refractivity contribution in [3.63, 3.8) is 0 Å². The first-order chi connectivity index (χ1) is 11.0. The average molecular weight is 368 g/mol. The van der Waals surface area contributed by atoms with Crippen LogP contribution in [0, 0.1) is 0 Å². The average Bonchev–Trinajstić information content (AvgIpc) is 2.88. The molecule has 0 aliphatic carbocycles. The fourth-order valence-corrected chi connectivity index (χ4v) is 2.42. The summed E-state index contributed by atoms with van der Waals surface area (Å²) in [6.45, 7) is 0. The molecule has 1 aromatic heterocycles. The first-order valence-corrected chi connectivity index (χ1v) is 7.61. The number of oxazole rings is 1. The van der Waals surface area contributed by atoms with Crippen LogP contribution in [-0.2, 0) is 0 Å². The summed E-state index contributed by atoms with van der Waals surface area (Å²) >= 11 is 17.7. The Morgan fingerprint density at radius 3 is 2.39 bits per heavy atom. The van der Waals surface area contributed by atoms with Gasteiger partial charge in [-0.25, -0.2) is 4.98 Å². The second-order valence-corrected chi connectivity index (χ2v) is 5.85. The molecule has 0 aliphatic heterocycles. The van der Waals surface area contributed by atoms with Gasteiger partial charge in [-0.2, -0.15) is 0 Å². The van der Waals surface area contributed by atoms with Gasteiger partial charge >= 0.3 is 5.95 Å². The van der Waals surface area contributed by atoms with Crippen LogP contribution in [0.25, 0.3) is 11.5 Å². The monoisotopic (exact) mass is 366 g/mol. The third-order valence-electron chi connectivity index (χ3n) is 2.96. The molecule has 0 bridgehead atoms. The number of aromatic nitrogens is 1. The lowest BCUT2D eigenvalue weighted by Crippen LogP contribution is -1.83. The molecule has 116 valence electrons. The van der Waals surface area contributed by atoms with Crippen molar-refractivity contribution in [3.05, 3.63) is 63.2 Å². The van der Waals surface area contributed by atoms with Gasteiger partial charge in [0.15, 0.2) is 5.69 Å². The third-order valence-corrected chi connectivity index (χ3v) is 3.75. The fourth-order valence-electron chi connectivity index (χ4n) is 1.84. The summed E-state index contributed by atoms with van der Waals surface area (Å²) in [6.07, 6.45) is 1.37. The first-order valence-electron chi connectivity index (χ1n) is 6.48. The van der Waals surface area contributed by atoms with Crippen LogP contribution in [0.2, 0.25) is 15.1 Å². The minimum atomic E-state index is -0.330. The van der Waals surface area contributed by atoms with Gasteiger partial charge in [-0.05, 0) is 42.5 Å². The molecule has 0 atom stereocenters. The van der Waals surface area contributed by atoms with Gasteiger partial charge in [0, 0.05) is 15.6 Å². The predicted molar refractivity (Wildman–Crippen MR) is 92.3 cm³/mol. The summed E-state index contributed by atoms with van der Waals surface area (Å²) in [5.74, 6) is -0.0633. The van der Waals surface area contributed by atoms with Gasteiger partial charge in [0.05, 0.1) is 16.9 Å². The number of benzene rings is 2. The molecule has 3 rings (SSSR count). The van der Waals surface area contributed by atoms with E-state index in [9.17, 15) is 5.11 Å². The zero-order valence-electron chi connectivity index (χ0n) is 11.5. The maximum Gasteiger partial charge on any atom is 0.312 e. The van der Waals surface area contributed by atoms with Crippen molar-refractivity contribution in [3.8, 4) is 17.4 Å². The highest BCUT2D eigenvalue weighted by atomic mass is 35.5. The molecule has 3 aromatic rings. The highest BCUT2D eigenvalue weighted by Crippen LogP contribution is 2.29. The van der Waals surface area contributed by atoms with E-state index in [4.69, 9.17) is 39.2 Å². The van der Waals surface area contributed by atoms with Gasteiger partial charge < -0.3 is 9.52 Å². The Balaban J connectivity index is 1.89. The molecule has 0 fully saturated rings. The number of nitrogens with zero attached hydrogens (tertiary/aromatic N) is 2. The third kappa shape index (κ3) is 3.67. The molecule has 4 nitrogen and oxygen atoms in total. The number of halogens is 3. The number of hydrogen-bond acceptors (Lipinski definition) is 4. The molecule has 2 aromatic carbocycles. The molecule has 0 amide bonds. The molecular weight excluding hydrogens is 359 g/mol. The molecule has 0 unspecified atom stereocenters. The van der Waals surface area contributed by atoms with Crippen molar-refractivity contribution in [2.45, 2.75) is 0 Å². The van der Waals surface area contributed by atoms with Gasteiger partial charge in [0.25, 0.3) is 0 Å². The molecule has 0 saturated carbocycles. The van der Waals surface area contributed by atoms with Gasteiger partial charge in [-0.1, -0.05) is 34.8 Å². The van der Waals surface area contributed by atoms with E-state index in [0.29, 0.717) is 26.3 Å². The molecular formula is C16H9Cl3N2O2. The highest BCUT2D eigenvalue weighted by molar-refractivity contribution is 6.36. The maximum atomic E-state index is 9.84. The van der Waals surface area contributed by atoms with Gasteiger partial charge in [0.1, 0.15) is 0 Å². The molecule has 0 saturated heterocycles. The second-order valence-electron chi connectivity index (χ2n) is 4.57. The summed E-state index contributed by atoms with van der Waals surface area (Å²) in [5, 5.41) is 11.4. The topological polar surface area (TPSA) is 58.6 Å². The lowest BCUT2D eigenvalue weighted by molar-refractivity contribution is 0.337. The number of rotatable bonds is 3. The molecule has 0 spiro atoms. The number of aliphatic imine (C=N–C) groups is 1. The first kappa shape index (κ1) is 15.9. The molecule has 1 heterocycles. The molecule has 1 N–H and O–H groups in total. The smallest absolute Gasteiger partial charge is 0.312 e. The Morgan fingerprint density at radius 1 is 1.00 bits per heavy atom. The van der Waals surface area contributed by atoms with E-state index >= 15 is 0 Å². The van der Waals surface area contributed by atoms with Crippen LogP contribution < -0.4 is 0 Å². The number of aromatic hydroxyl groups is 1. The van der Waals surface area contributed by atoms with Crippen molar-refractivity contribution in [1.82, 2.24) is 4.98 Å². The van der Waals surface area contributed by atoms with Gasteiger partial charge in [-0.3, -0.25) is 4.99 Å². The normalized spacial score (nSPS) is 11.3. The maximum absolute atomic E-state index is 9.84. The van der Waals surface area contributed by atoms with Crippen molar-refractivity contribution in [2.75, 3.05) is 0 Å². The standard InChI is InChI=1S/C16H9Cl3N2O2/c17-10-3-1-9(2-4-10)15-21-14(16(22)23-15)8-20-13-6-5-11(18)7-12(13)19/h1-8,22H. The zero-order valence-corrected chi connectivity index (χ0v) is 13.8. The summed E-state index contributed by atoms with van der Waals surface area (Å²) in [5.41, 5.74) is 1.39. The quantitative estimate of drug-likeness (QED) is 0.599. The van der Waals surface area contributed by atoms with E-state index in [2.05, 4.69) is 9.98 Å². The van der Waals surface area contributed by atoms with Crippen LogP contribution in [0.1, 0.15) is 5.69 Å². The van der Waals surface area contributed by atoms with E-state index in [-0.39, 0.29) is 17.5 Å². The van der Waals surface area contributed by atoms with Crippen LogP contribution in [0.5, 0.6) is 5.95 Å². The van der Waals surface area contributed by atoms with Crippen molar-refractivity contribution in [1.29, 1.82) is 0 Å². The fraction of sp³-hybridized carbons (Fsp3) is 0. The largest absolute Gasteiger partial charge is 0.479 e. The minimum absolute atomic E-state index is 0.195. The van der Waals surface area contributed by atoms with Crippen molar-refractivity contribution < 1.29 is 9.52 Å². The lowest BCUT2D eigenvalue weighted by atomic mass is 10.2. The summed E-state index contributed by atoms with van der Waals surface area (Å²) < 4.78 is 5.23. The molecule has 23 heavy (non-hydrogen) atoms. The van der Waals surface area contributed by atoms with E-state index < -0.39 is 0 Å². The Hall–Kier alpha value is -2.01. The molecule has 7 heteroatoms. The van der Waals surface area contributed by atoms with Crippen molar-refractivity contribution in [2.24, 2.45) is 4.99 Å². The summed E-state index contributed by atoms with van der Waals surface area (Å²) in [7, 11) is 0. The van der Waals surface area contributed by atoms with E-state index in [1.165, 1.54) is 6.21 Å². The highest BCUT2D eigenvalue weighted by Gasteiger charge is 2.12. The Bertz CT molecular complexity index is 874. The van der Waals surface area contributed by atoms with Crippen LogP contribution >= 0.6 is 34.8 Å². The van der Waals surface area contributed by atoms with Gasteiger partial charge in [0.2, 0.25) is 5.89 Å². The Kier molecular flexibility index (Phi) is 4.57. The number of hydrogen-bond donors (Lipinski definition) is 1. The van der Waals surface area contributed by atoms with Gasteiger partial charge in [-0.15, -0.1) is 0 Å².